The number of nitrogens with one attached hydrogen (secondary N) is 2. The van der Waals surface area contributed by atoms with E-state index in [1.54, 1.807) is 6.07 Å². The van der Waals surface area contributed by atoms with Gasteiger partial charge in [-0.1, -0.05) is 50.0 Å². The molecule has 0 atom stereocenters. The second-order valence-electron chi connectivity index (χ2n) is 7.18. The number of hydrogen-bond donors (Lipinski definition) is 2. The van der Waals surface area contributed by atoms with E-state index in [-0.39, 0.29) is 11.0 Å². The number of thiocarbonyl (C=S) groups is 1. The van der Waals surface area contributed by atoms with Crippen LogP contribution in [0, 0.1) is 5.41 Å². The largest absolute Gasteiger partial charge is 0.359 e. The van der Waals surface area contributed by atoms with E-state index in [1.807, 2.05) is 12.1 Å². The van der Waals surface area contributed by atoms with E-state index >= 15 is 0 Å². The predicted octanol–water partition coefficient (Wildman–Crippen LogP) is 5.17. The highest BCUT2D eigenvalue weighted by Gasteiger charge is 2.25. The minimum Gasteiger partial charge on any atom is -0.359 e. The predicted molar refractivity (Wildman–Crippen MR) is 97.2 cm³/mol. The minimum absolute atomic E-state index is 0.0556. The Bertz CT molecular complexity index is 507. The van der Waals surface area contributed by atoms with Gasteiger partial charge in [0.25, 0.3) is 0 Å². The van der Waals surface area contributed by atoms with Gasteiger partial charge in [-0.25, -0.2) is 0 Å². The van der Waals surface area contributed by atoms with E-state index in [9.17, 15) is 0 Å². The van der Waals surface area contributed by atoms with Gasteiger partial charge in [0, 0.05) is 12.1 Å². The van der Waals surface area contributed by atoms with Crippen molar-refractivity contribution in [1.82, 2.24) is 10.6 Å². The van der Waals surface area contributed by atoms with Crippen LogP contribution in [-0.4, -0.2) is 10.7 Å². The summed E-state index contributed by atoms with van der Waals surface area (Å²) in [4.78, 5) is 0. The fourth-order valence-electron chi connectivity index (χ4n) is 2.55. The summed E-state index contributed by atoms with van der Waals surface area (Å²) in [6.45, 7) is 11.6. The highest BCUT2D eigenvalue weighted by Crippen LogP contribution is 2.26. The number of benzene rings is 1. The first kappa shape index (κ1) is 18.5. The Morgan fingerprint density at radius 1 is 1.10 bits per heavy atom. The van der Waals surface area contributed by atoms with Gasteiger partial charge in [-0.15, -0.1) is 0 Å². The fourth-order valence-corrected chi connectivity index (χ4v) is 3.22. The van der Waals surface area contributed by atoms with E-state index in [0.717, 1.165) is 12.0 Å². The molecule has 0 bridgehead atoms. The van der Waals surface area contributed by atoms with Crippen LogP contribution >= 0.6 is 35.4 Å². The molecular weight excluding hydrogens is 323 g/mol. The van der Waals surface area contributed by atoms with Crippen molar-refractivity contribution in [3.05, 3.63) is 33.8 Å². The summed E-state index contributed by atoms with van der Waals surface area (Å²) in [5.41, 5.74) is 1.23. The van der Waals surface area contributed by atoms with Gasteiger partial charge < -0.3 is 10.6 Å². The Labute approximate surface area is 143 Å². The quantitative estimate of drug-likeness (QED) is 0.735. The molecule has 0 aromatic heterocycles. The number of halogens is 2. The molecule has 0 fully saturated rings. The SMILES string of the molecule is CC(C)(C)CC(C)(C)NC(=S)NCc1ccc(Cl)c(Cl)c1. The summed E-state index contributed by atoms with van der Waals surface area (Å²) in [7, 11) is 0. The van der Waals surface area contributed by atoms with Crippen molar-refractivity contribution >= 4 is 40.5 Å². The molecule has 0 saturated carbocycles. The first-order valence-electron chi connectivity index (χ1n) is 6.98. The second kappa shape index (κ2) is 7.17. The molecule has 0 heterocycles. The van der Waals surface area contributed by atoms with Gasteiger partial charge in [0.1, 0.15) is 0 Å². The van der Waals surface area contributed by atoms with Gasteiger partial charge in [-0.3, -0.25) is 0 Å². The van der Waals surface area contributed by atoms with Gasteiger partial charge >= 0.3 is 0 Å². The van der Waals surface area contributed by atoms with Crippen LogP contribution in [0.25, 0.3) is 0 Å². The summed E-state index contributed by atoms with van der Waals surface area (Å²) < 4.78 is 0. The summed E-state index contributed by atoms with van der Waals surface area (Å²) in [5.74, 6) is 0. The van der Waals surface area contributed by atoms with Crippen molar-refractivity contribution in [2.24, 2.45) is 5.41 Å². The zero-order valence-corrected chi connectivity index (χ0v) is 15.6. The molecule has 2 N–H and O–H groups in total. The smallest absolute Gasteiger partial charge is 0.166 e. The Balaban J connectivity index is 2.52. The van der Waals surface area contributed by atoms with E-state index < -0.39 is 0 Å². The fraction of sp³-hybridized carbons (Fsp3) is 0.562. The monoisotopic (exact) mass is 346 g/mol. The molecule has 0 aliphatic heterocycles. The molecule has 118 valence electrons. The lowest BCUT2D eigenvalue weighted by Gasteiger charge is -2.34. The average Bonchev–Trinajstić information content (AvgIpc) is 2.26. The molecule has 21 heavy (non-hydrogen) atoms. The van der Waals surface area contributed by atoms with Crippen molar-refractivity contribution < 1.29 is 0 Å². The van der Waals surface area contributed by atoms with Crippen LogP contribution in [-0.2, 0) is 6.54 Å². The van der Waals surface area contributed by atoms with Gasteiger partial charge in [-0.2, -0.15) is 0 Å². The zero-order valence-electron chi connectivity index (χ0n) is 13.3. The van der Waals surface area contributed by atoms with Crippen molar-refractivity contribution in [2.75, 3.05) is 0 Å². The van der Waals surface area contributed by atoms with Crippen LogP contribution < -0.4 is 10.6 Å². The molecule has 0 spiro atoms. The molecule has 0 aliphatic carbocycles. The third-order valence-corrected chi connectivity index (χ3v) is 3.85. The molecular formula is C16H24Cl2N2S. The maximum absolute atomic E-state index is 6.00. The standard InChI is InChI=1S/C16H24Cl2N2S/c1-15(2,3)10-16(4,5)20-14(21)19-9-11-6-7-12(17)13(18)8-11/h6-8H,9-10H2,1-5H3,(H2,19,20,21). The van der Waals surface area contributed by atoms with Crippen molar-refractivity contribution in [1.29, 1.82) is 0 Å². The lowest BCUT2D eigenvalue weighted by atomic mass is 9.82. The van der Waals surface area contributed by atoms with Gasteiger partial charge in [0.15, 0.2) is 5.11 Å². The third kappa shape index (κ3) is 7.35. The summed E-state index contributed by atoms with van der Waals surface area (Å²) in [6, 6.07) is 5.57. The van der Waals surface area contributed by atoms with Crippen molar-refractivity contribution in [2.45, 2.75) is 53.1 Å². The van der Waals surface area contributed by atoms with E-state index in [4.69, 9.17) is 35.4 Å². The normalized spacial score (nSPS) is 12.1. The lowest BCUT2D eigenvalue weighted by molar-refractivity contribution is 0.266. The summed E-state index contributed by atoms with van der Waals surface area (Å²) in [5, 5.41) is 8.35. The topological polar surface area (TPSA) is 24.1 Å². The van der Waals surface area contributed by atoms with Gasteiger partial charge in [-0.05, 0) is 55.6 Å². The molecule has 5 heteroatoms. The number of hydrogen-bond acceptors (Lipinski definition) is 1. The molecule has 0 amide bonds. The first-order valence-corrected chi connectivity index (χ1v) is 8.15. The Morgan fingerprint density at radius 3 is 2.24 bits per heavy atom. The van der Waals surface area contributed by atoms with Gasteiger partial charge in [0.2, 0.25) is 0 Å². The van der Waals surface area contributed by atoms with Crippen LogP contribution in [0.1, 0.15) is 46.6 Å². The number of rotatable bonds is 4. The summed E-state index contributed by atoms with van der Waals surface area (Å²) >= 11 is 17.3. The molecule has 0 unspecified atom stereocenters. The van der Waals surface area contributed by atoms with Crippen LogP contribution in [0.15, 0.2) is 18.2 Å². The molecule has 0 aliphatic rings. The molecule has 1 rings (SSSR count). The molecule has 1 aromatic rings. The minimum atomic E-state index is -0.0556. The maximum atomic E-state index is 6.00. The Morgan fingerprint density at radius 2 is 1.71 bits per heavy atom. The van der Waals surface area contributed by atoms with E-state index in [1.165, 1.54) is 0 Å². The van der Waals surface area contributed by atoms with Crippen LogP contribution in [0.2, 0.25) is 10.0 Å². The van der Waals surface area contributed by atoms with Crippen LogP contribution in [0.4, 0.5) is 0 Å². The second-order valence-corrected chi connectivity index (χ2v) is 8.40. The van der Waals surface area contributed by atoms with Crippen LogP contribution in [0.3, 0.4) is 0 Å². The molecule has 0 radical (unpaired) electrons. The molecule has 2 nitrogen and oxygen atoms in total. The van der Waals surface area contributed by atoms with Gasteiger partial charge in [0.05, 0.1) is 10.0 Å². The molecule has 1 aromatic carbocycles. The maximum Gasteiger partial charge on any atom is 0.166 e. The Kier molecular flexibility index (Phi) is 6.33. The lowest BCUT2D eigenvalue weighted by Crippen LogP contribution is -2.49. The van der Waals surface area contributed by atoms with Crippen molar-refractivity contribution in [3.8, 4) is 0 Å². The zero-order chi connectivity index (χ0) is 16.3. The highest BCUT2D eigenvalue weighted by molar-refractivity contribution is 7.80. The van der Waals surface area contributed by atoms with E-state index in [2.05, 4.69) is 45.3 Å². The summed E-state index contributed by atoms with van der Waals surface area (Å²) in [6.07, 6.45) is 1.02. The first-order chi connectivity index (χ1) is 9.48. The van der Waals surface area contributed by atoms with Crippen molar-refractivity contribution in [3.63, 3.8) is 0 Å². The third-order valence-electron chi connectivity index (χ3n) is 2.86. The van der Waals surface area contributed by atoms with E-state index in [0.29, 0.717) is 21.7 Å². The molecule has 0 saturated heterocycles. The van der Waals surface area contributed by atoms with Crippen LogP contribution in [0.5, 0.6) is 0 Å². The Hall–Kier alpha value is -0.510. The highest BCUT2D eigenvalue weighted by atomic mass is 35.5. The average molecular weight is 347 g/mol.